The molecule has 0 bridgehead atoms. The van der Waals surface area contributed by atoms with Crippen molar-refractivity contribution in [2.45, 2.75) is 25.4 Å². The molecule has 1 aliphatic heterocycles. The molecule has 1 aromatic carbocycles. The Balaban J connectivity index is 1.52. The molecule has 6 heteroatoms. The largest absolute Gasteiger partial charge is 0.349 e. The van der Waals surface area contributed by atoms with Crippen molar-refractivity contribution in [1.82, 2.24) is 15.2 Å². The van der Waals surface area contributed by atoms with Crippen LogP contribution in [-0.4, -0.2) is 34.9 Å². The van der Waals surface area contributed by atoms with Crippen molar-refractivity contribution in [3.8, 4) is 0 Å². The second-order valence-electron chi connectivity index (χ2n) is 5.98. The topological polar surface area (TPSA) is 45.2 Å². The SMILES string of the molecule is O=C(NC1CCN(Cc2ccncc2)CC1)c1cccc(F)c1F. The highest BCUT2D eigenvalue weighted by molar-refractivity contribution is 5.94. The van der Waals surface area contributed by atoms with Crippen molar-refractivity contribution in [3.63, 3.8) is 0 Å². The van der Waals surface area contributed by atoms with Gasteiger partial charge in [-0.25, -0.2) is 8.78 Å². The maximum atomic E-state index is 13.7. The molecular formula is C18H19F2N3O. The van der Waals surface area contributed by atoms with Gasteiger partial charge in [0.05, 0.1) is 5.56 Å². The van der Waals surface area contributed by atoms with Gasteiger partial charge in [0.2, 0.25) is 0 Å². The summed E-state index contributed by atoms with van der Waals surface area (Å²) < 4.78 is 26.9. The molecule has 0 aliphatic carbocycles. The van der Waals surface area contributed by atoms with Gasteiger partial charge in [0.1, 0.15) is 0 Å². The van der Waals surface area contributed by atoms with Crippen molar-refractivity contribution in [2.75, 3.05) is 13.1 Å². The lowest BCUT2D eigenvalue weighted by atomic mass is 10.0. The molecule has 1 fully saturated rings. The van der Waals surface area contributed by atoms with Crippen LogP contribution in [0.5, 0.6) is 0 Å². The van der Waals surface area contributed by atoms with Crippen molar-refractivity contribution < 1.29 is 13.6 Å². The normalized spacial score (nSPS) is 16.1. The molecule has 0 spiro atoms. The predicted octanol–water partition coefficient (Wildman–Crippen LogP) is 2.75. The zero-order chi connectivity index (χ0) is 16.9. The summed E-state index contributed by atoms with van der Waals surface area (Å²) in [7, 11) is 0. The summed E-state index contributed by atoms with van der Waals surface area (Å²) in [4.78, 5) is 18.4. The quantitative estimate of drug-likeness (QED) is 0.937. The summed E-state index contributed by atoms with van der Waals surface area (Å²) in [5.74, 6) is -2.65. The van der Waals surface area contributed by atoms with Gasteiger partial charge in [-0.3, -0.25) is 14.7 Å². The second-order valence-corrected chi connectivity index (χ2v) is 5.98. The highest BCUT2D eigenvalue weighted by atomic mass is 19.2. The van der Waals surface area contributed by atoms with Gasteiger partial charge in [-0.15, -0.1) is 0 Å². The molecule has 1 N–H and O–H groups in total. The number of pyridine rings is 1. The molecule has 0 atom stereocenters. The van der Waals surface area contributed by atoms with Crippen molar-refractivity contribution >= 4 is 5.91 Å². The summed E-state index contributed by atoms with van der Waals surface area (Å²) in [6.45, 7) is 2.54. The van der Waals surface area contributed by atoms with Gasteiger partial charge in [-0.1, -0.05) is 6.07 Å². The molecule has 2 heterocycles. The Morgan fingerprint density at radius 3 is 2.58 bits per heavy atom. The lowest BCUT2D eigenvalue weighted by Gasteiger charge is -2.32. The zero-order valence-electron chi connectivity index (χ0n) is 13.2. The van der Waals surface area contributed by atoms with Crippen LogP contribution in [-0.2, 0) is 6.54 Å². The molecule has 0 radical (unpaired) electrons. The monoisotopic (exact) mass is 331 g/mol. The minimum atomic E-state index is -1.09. The lowest BCUT2D eigenvalue weighted by Crippen LogP contribution is -2.44. The number of nitrogens with zero attached hydrogens (tertiary/aromatic N) is 2. The number of rotatable bonds is 4. The van der Waals surface area contributed by atoms with E-state index in [2.05, 4.69) is 15.2 Å². The molecule has 1 saturated heterocycles. The van der Waals surface area contributed by atoms with Gasteiger partial charge in [0, 0.05) is 38.1 Å². The number of hydrogen-bond acceptors (Lipinski definition) is 3. The molecule has 2 aromatic rings. The number of nitrogens with one attached hydrogen (secondary N) is 1. The van der Waals surface area contributed by atoms with Crippen LogP contribution in [0.1, 0.15) is 28.8 Å². The average Bonchev–Trinajstić information content (AvgIpc) is 2.60. The van der Waals surface area contributed by atoms with E-state index < -0.39 is 17.5 Å². The molecular weight excluding hydrogens is 312 g/mol. The molecule has 0 unspecified atom stereocenters. The number of amides is 1. The maximum absolute atomic E-state index is 13.7. The molecule has 3 rings (SSSR count). The Kier molecular flexibility index (Phi) is 5.15. The molecule has 0 saturated carbocycles. The maximum Gasteiger partial charge on any atom is 0.254 e. The van der Waals surface area contributed by atoms with E-state index in [-0.39, 0.29) is 11.6 Å². The van der Waals surface area contributed by atoms with E-state index in [1.807, 2.05) is 12.1 Å². The first kappa shape index (κ1) is 16.5. The van der Waals surface area contributed by atoms with E-state index in [1.54, 1.807) is 12.4 Å². The number of piperidine rings is 1. The van der Waals surface area contributed by atoms with Gasteiger partial charge in [-0.2, -0.15) is 0 Å². The third-order valence-electron chi connectivity index (χ3n) is 4.27. The Labute approximate surface area is 139 Å². The highest BCUT2D eigenvalue weighted by Gasteiger charge is 2.23. The fraction of sp³-hybridized carbons (Fsp3) is 0.333. The first-order valence-corrected chi connectivity index (χ1v) is 7.99. The van der Waals surface area contributed by atoms with Crippen LogP contribution in [0.15, 0.2) is 42.7 Å². The third kappa shape index (κ3) is 3.94. The number of aromatic nitrogens is 1. The summed E-state index contributed by atoms with van der Waals surface area (Å²) >= 11 is 0. The van der Waals surface area contributed by atoms with Crippen LogP contribution in [0.4, 0.5) is 8.78 Å². The average molecular weight is 331 g/mol. The van der Waals surface area contributed by atoms with Gasteiger partial charge >= 0.3 is 0 Å². The van der Waals surface area contributed by atoms with E-state index >= 15 is 0 Å². The van der Waals surface area contributed by atoms with Gasteiger partial charge < -0.3 is 5.32 Å². The van der Waals surface area contributed by atoms with E-state index in [4.69, 9.17) is 0 Å². The Bertz CT molecular complexity index is 701. The van der Waals surface area contributed by atoms with Crippen molar-refractivity contribution in [1.29, 1.82) is 0 Å². The number of carbonyl (C=O) groups excluding carboxylic acids is 1. The minimum absolute atomic E-state index is 0.0196. The molecule has 126 valence electrons. The fourth-order valence-electron chi connectivity index (χ4n) is 2.92. The Morgan fingerprint density at radius 1 is 1.17 bits per heavy atom. The molecule has 4 nitrogen and oxygen atoms in total. The van der Waals surface area contributed by atoms with Crippen LogP contribution >= 0.6 is 0 Å². The van der Waals surface area contributed by atoms with Crippen LogP contribution in [0.25, 0.3) is 0 Å². The minimum Gasteiger partial charge on any atom is -0.349 e. The summed E-state index contributed by atoms with van der Waals surface area (Å²) in [5, 5.41) is 2.81. The predicted molar refractivity (Wildman–Crippen MR) is 86.4 cm³/mol. The Hall–Kier alpha value is -2.34. The van der Waals surface area contributed by atoms with Gasteiger partial charge in [-0.05, 0) is 42.7 Å². The zero-order valence-corrected chi connectivity index (χ0v) is 13.2. The van der Waals surface area contributed by atoms with Crippen molar-refractivity contribution in [2.24, 2.45) is 0 Å². The molecule has 24 heavy (non-hydrogen) atoms. The number of benzene rings is 1. The van der Waals surface area contributed by atoms with Gasteiger partial charge in [0.25, 0.3) is 5.91 Å². The summed E-state index contributed by atoms with van der Waals surface area (Å²) in [5.41, 5.74) is 0.962. The van der Waals surface area contributed by atoms with Crippen LogP contribution < -0.4 is 5.32 Å². The highest BCUT2D eigenvalue weighted by Crippen LogP contribution is 2.16. The molecule has 1 amide bonds. The van der Waals surface area contributed by atoms with E-state index in [0.717, 1.165) is 38.5 Å². The van der Waals surface area contributed by atoms with E-state index in [1.165, 1.54) is 17.7 Å². The summed E-state index contributed by atoms with van der Waals surface area (Å²) in [6.07, 6.45) is 5.12. The standard InChI is InChI=1S/C18H19F2N3O/c19-16-3-1-2-15(17(16)20)18(24)22-14-6-10-23(11-7-14)12-13-4-8-21-9-5-13/h1-5,8-9,14H,6-7,10-12H2,(H,22,24). The third-order valence-corrected chi connectivity index (χ3v) is 4.27. The lowest BCUT2D eigenvalue weighted by molar-refractivity contribution is 0.0904. The molecule has 1 aliphatic rings. The second kappa shape index (κ2) is 7.49. The van der Waals surface area contributed by atoms with Crippen LogP contribution in [0.2, 0.25) is 0 Å². The van der Waals surface area contributed by atoms with Crippen LogP contribution in [0.3, 0.4) is 0 Å². The summed E-state index contributed by atoms with van der Waals surface area (Å²) in [6, 6.07) is 7.59. The first-order valence-electron chi connectivity index (χ1n) is 7.99. The number of likely N-dealkylation sites (tertiary alicyclic amines) is 1. The van der Waals surface area contributed by atoms with E-state index in [9.17, 15) is 13.6 Å². The number of halogens is 2. The van der Waals surface area contributed by atoms with E-state index in [0.29, 0.717) is 0 Å². The number of carbonyl (C=O) groups is 1. The van der Waals surface area contributed by atoms with Crippen molar-refractivity contribution in [3.05, 3.63) is 65.5 Å². The van der Waals surface area contributed by atoms with Crippen LogP contribution in [0, 0.1) is 11.6 Å². The smallest absolute Gasteiger partial charge is 0.254 e. The Morgan fingerprint density at radius 2 is 1.88 bits per heavy atom. The van der Waals surface area contributed by atoms with Gasteiger partial charge in [0.15, 0.2) is 11.6 Å². The molecule has 1 aromatic heterocycles. The first-order chi connectivity index (χ1) is 11.6. The number of hydrogen-bond donors (Lipinski definition) is 1. The fourth-order valence-corrected chi connectivity index (χ4v) is 2.92.